The van der Waals surface area contributed by atoms with E-state index in [0.717, 1.165) is 0 Å². The summed E-state index contributed by atoms with van der Waals surface area (Å²) in [4.78, 5) is 36.7. The van der Waals surface area contributed by atoms with E-state index in [1.807, 2.05) is 0 Å². The van der Waals surface area contributed by atoms with Gasteiger partial charge in [-0.25, -0.2) is 4.79 Å². The fraction of sp³-hybridized carbons (Fsp3) is 0.292. The van der Waals surface area contributed by atoms with E-state index < -0.39 is 5.63 Å². The Morgan fingerprint density at radius 2 is 1.82 bits per heavy atom. The zero-order valence-corrected chi connectivity index (χ0v) is 18.6. The lowest BCUT2D eigenvalue weighted by Gasteiger charge is -2.15. The minimum absolute atomic E-state index is 0.0576. The smallest absolute Gasteiger partial charge is 0.344 e. The summed E-state index contributed by atoms with van der Waals surface area (Å²) in [5.74, 6) is -0.369. The second kappa shape index (κ2) is 10.8. The Kier molecular flexibility index (Phi) is 7.81. The van der Waals surface area contributed by atoms with E-state index in [-0.39, 0.29) is 40.7 Å². The number of methoxy groups -OCH3 is 2. The largest absolute Gasteiger partial charge is 0.507 e. The van der Waals surface area contributed by atoms with Crippen LogP contribution < -0.4 is 15.7 Å². The minimum Gasteiger partial charge on any atom is -0.507 e. The van der Waals surface area contributed by atoms with Crippen LogP contribution in [0, 0.1) is 6.92 Å². The van der Waals surface area contributed by atoms with Crippen molar-refractivity contribution < 1.29 is 33.3 Å². The Morgan fingerprint density at radius 3 is 2.45 bits per heavy atom. The van der Waals surface area contributed by atoms with Gasteiger partial charge in [0.25, 0.3) is 5.91 Å². The van der Waals surface area contributed by atoms with Crippen LogP contribution in [-0.2, 0) is 9.47 Å². The van der Waals surface area contributed by atoms with Crippen LogP contribution in [0.15, 0.2) is 39.5 Å². The number of fused-ring (bicyclic) bond motifs is 1. The molecule has 3 aromatic rings. The van der Waals surface area contributed by atoms with Crippen LogP contribution in [0.4, 0.5) is 0 Å². The second-order valence-corrected chi connectivity index (χ2v) is 7.19. The monoisotopic (exact) mass is 455 g/mol. The number of amides is 1. The van der Waals surface area contributed by atoms with E-state index in [1.165, 1.54) is 13.2 Å². The van der Waals surface area contributed by atoms with Crippen molar-refractivity contribution in [3.63, 3.8) is 0 Å². The summed E-state index contributed by atoms with van der Waals surface area (Å²) in [5.41, 5.74) is 0.835. The van der Waals surface area contributed by atoms with Crippen molar-refractivity contribution in [1.29, 1.82) is 0 Å². The van der Waals surface area contributed by atoms with Gasteiger partial charge in [-0.15, -0.1) is 0 Å². The number of ether oxygens (including phenoxy) is 3. The summed E-state index contributed by atoms with van der Waals surface area (Å²) >= 11 is 0. The van der Waals surface area contributed by atoms with Crippen LogP contribution in [0.1, 0.15) is 26.3 Å². The predicted octanol–water partition coefficient (Wildman–Crippen LogP) is 2.69. The van der Waals surface area contributed by atoms with Crippen molar-refractivity contribution in [2.45, 2.75) is 6.92 Å². The molecule has 9 heteroatoms. The van der Waals surface area contributed by atoms with Crippen molar-refractivity contribution in [3.05, 3.63) is 57.4 Å². The molecular formula is C24H25NO8. The fourth-order valence-corrected chi connectivity index (χ4v) is 3.47. The van der Waals surface area contributed by atoms with Gasteiger partial charge in [0.2, 0.25) is 0 Å². The van der Waals surface area contributed by atoms with E-state index in [0.29, 0.717) is 48.1 Å². The molecule has 33 heavy (non-hydrogen) atoms. The highest BCUT2D eigenvalue weighted by Gasteiger charge is 2.22. The first kappa shape index (κ1) is 24.0. The molecule has 0 spiro atoms. The number of aromatic hydroxyl groups is 1. The average Bonchev–Trinajstić information content (AvgIpc) is 2.79. The molecule has 0 radical (unpaired) electrons. The molecule has 0 aliphatic carbocycles. The maximum atomic E-state index is 12.9. The van der Waals surface area contributed by atoms with Gasteiger partial charge < -0.3 is 29.1 Å². The maximum Gasteiger partial charge on any atom is 0.344 e. The van der Waals surface area contributed by atoms with Crippen molar-refractivity contribution >= 4 is 23.2 Å². The number of hydrogen-bond acceptors (Lipinski definition) is 8. The van der Waals surface area contributed by atoms with Crippen LogP contribution in [0.25, 0.3) is 22.1 Å². The third kappa shape index (κ3) is 5.05. The van der Waals surface area contributed by atoms with E-state index in [1.54, 1.807) is 38.3 Å². The van der Waals surface area contributed by atoms with Crippen molar-refractivity contribution in [1.82, 2.24) is 5.32 Å². The Bertz CT molecular complexity index is 1210. The molecule has 0 saturated heterocycles. The van der Waals surface area contributed by atoms with E-state index in [2.05, 4.69) is 5.32 Å². The van der Waals surface area contributed by atoms with Crippen LogP contribution in [0.2, 0.25) is 0 Å². The van der Waals surface area contributed by atoms with Crippen molar-refractivity contribution in [3.8, 4) is 22.6 Å². The van der Waals surface area contributed by atoms with E-state index >= 15 is 0 Å². The van der Waals surface area contributed by atoms with Gasteiger partial charge in [0.15, 0.2) is 11.9 Å². The van der Waals surface area contributed by atoms with Gasteiger partial charge in [0, 0.05) is 32.4 Å². The number of hydrogen-bond donors (Lipinski definition) is 2. The third-order valence-corrected chi connectivity index (χ3v) is 5.10. The lowest BCUT2D eigenvalue weighted by atomic mass is 9.96. The fourth-order valence-electron chi connectivity index (χ4n) is 3.47. The van der Waals surface area contributed by atoms with Gasteiger partial charge in [-0.2, -0.15) is 0 Å². The quantitative estimate of drug-likeness (QED) is 0.272. The summed E-state index contributed by atoms with van der Waals surface area (Å²) in [6, 6.07) is 7.80. The normalized spacial score (nSPS) is 10.9. The number of rotatable bonds is 10. The second-order valence-electron chi connectivity index (χ2n) is 7.19. The molecule has 0 aliphatic rings. The molecule has 9 nitrogen and oxygen atoms in total. The highest BCUT2D eigenvalue weighted by molar-refractivity contribution is 6.03. The number of phenols is 1. The molecule has 0 bridgehead atoms. The average molecular weight is 455 g/mol. The maximum absolute atomic E-state index is 12.9. The van der Waals surface area contributed by atoms with Crippen LogP contribution in [0.5, 0.6) is 11.5 Å². The number of aldehydes is 1. The summed E-state index contributed by atoms with van der Waals surface area (Å²) < 4.78 is 21.1. The predicted molar refractivity (Wildman–Crippen MR) is 121 cm³/mol. The first-order valence-electron chi connectivity index (χ1n) is 10.2. The summed E-state index contributed by atoms with van der Waals surface area (Å²) in [7, 11) is 3.07. The highest BCUT2D eigenvalue weighted by atomic mass is 16.5. The van der Waals surface area contributed by atoms with E-state index in [9.17, 15) is 19.5 Å². The number of carbonyl (C=O) groups excluding carboxylic acids is 2. The molecule has 0 aliphatic heterocycles. The van der Waals surface area contributed by atoms with Crippen molar-refractivity contribution in [2.24, 2.45) is 0 Å². The van der Waals surface area contributed by atoms with Gasteiger partial charge in [0.1, 0.15) is 18.1 Å². The van der Waals surface area contributed by atoms with Crippen LogP contribution in [-0.4, -0.2) is 57.9 Å². The first-order valence-corrected chi connectivity index (χ1v) is 10.2. The molecule has 2 aromatic carbocycles. The number of nitrogens with one attached hydrogen (secondary N) is 1. The first-order chi connectivity index (χ1) is 15.9. The van der Waals surface area contributed by atoms with E-state index in [4.69, 9.17) is 18.6 Å². The number of benzene rings is 2. The zero-order valence-electron chi connectivity index (χ0n) is 18.6. The molecule has 0 saturated carbocycles. The van der Waals surface area contributed by atoms with Crippen LogP contribution >= 0.6 is 0 Å². The van der Waals surface area contributed by atoms with Gasteiger partial charge in [0.05, 0.1) is 29.7 Å². The summed E-state index contributed by atoms with van der Waals surface area (Å²) in [6.45, 7) is 2.96. The van der Waals surface area contributed by atoms with Gasteiger partial charge >= 0.3 is 5.63 Å². The third-order valence-electron chi connectivity index (χ3n) is 5.10. The molecule has 0 unspecified atom stereocenters. The van der Waals surface area contributed by atoms with Gasteiger partial charge in [-0.3, -0.25) is 9.59 Å². The van der Waals surface area contributed by atoms with Crippen molar-refractivity contribution in [2.75, 3.05) is 40.6 Å². The molecular weight excluding hydrogens is 430 g/mol. The highest BCUT2D eigenvalue weighted by Crippen LogP contribution is 2.38. The lowest BCUT2D eigenvalue weighted by molar-refractivity contribution is 0.0937. The standard InChI is InChI=1S/C24H25NO8/c1-14-20(15-4-6-16(7-5-15)23(28)25-8-9-30-2)24(29)33-22-17(13-26)18(27)12-19(21(14)22)32-11-10-31-3/h4-7,12-13,27H,8-11H2,1-3H3,(H,25,28). The SMILES string of the molecule is COCCNC(=O)c1ccc(-c2c(C)c3c(OCCOC)cc(O)c(C=O)c3oc2=O)cc1. The summed E-state index contributed by atoms with van der Waals surface area (Å²) in [6.07, 6.45) is 0.426. The topological polar surface area (TPSA) is 124 Å². The summed E-state index contributed by atoms with van der Waals surface area (Å²) in [5, 5.41) is 13.3. The molecule has 174 valence electrons. The number of phenolic OH excluding ortho intramolecular Hbond substituents is 1. The Labute approximate surface area is 189 Å². The Morgan fingerprint density at radius 1 is 1.12 bits per heavy atom. The Hall–Kier alpha value is -3.69. The Balaban J connectivity index is 2.09. The molecule has 2 N–H and O–H groups in total. The van der Waals surface area contributed by atoms with Gasteiger partial charge in [-0.1, -0.05) is 12.1 Å². The molecule has 1 aromatic heterocycles. The molecule has 0 fully saturated rings. The van der Waals surface area contributed by atoms with Gasteiger partial charge in [-0.05, 0) is 30.2 Å². The number of carbonyl (C=O) groups is 2. The molecule has 3 rings (SSSR count). The molecule has 0 atom stereocenters. The van der Waals surface area contributed by atoms with Crippen LogP contribution in [0.3, 0.4) is 0 Å². The minimum atomic E-state index is -0.686. The molecule has 1 heterocycles. The lowest BCUT2D eigenvalue weighted by Crippen LogP contribution is -2.26. The molecule has 1 amide bonds. The zero-order chi connectivity index (χ0) is 24.0. The number of aryl methyl sites for hydroxylation is 1.